The van der Waals surface area contributed by atoms with Crippen LogP contribution in [-0.4, -0.2) is 22.6 Å². The first-order chi connectivity index (χ1) is 15.3. The van der Waals surface area contributed by atoms with Gasteiger partial charge in [0, 0.05) is 35.0 Å². The fourth-order valence-electron chi connectivity index (χ4n) is 5.23. The predicted octanol–water partition coefficient (Wildman–Crippen LogP) is 4.93. The molecule has 4 heterocycles. The van der Waals surface area contributed by atoms with Gasteiger partial charge in [-0.05, 0) is 43.5 Å². The number of aromatic nitrogens is 1. The zero-order chi connectivity index (χ0) is 22.7. The maximum Gasteiger partial charge on any atom is 0.250 e. The van der Waals surface area contributed by atoms with Gasteiger partial charge in [0.1, 0.15) is 5.82 Å². The number of azo groups is 1. The number of nitrogens with one attached hydrogen (secondary N) is 2. The van der Waals surface area contributed by atoms with Crippen LogP contribution in [0.25, 0.3) is 11.1 Å². The summed E-state index contributed by atoms with van der Waals surface area (Å²) in [5.41, 5.74) is 2.99. The van der Waals surface area contributed by atoms with Crippen LogP contribution in [0.1, 0.15) is 39.2 Å². The first-order valence-electron chi connectivity index (χ1n) is 10.6. The summed E-state index contributed by atoms with van der Waals surface area (Å²) < 4.78 is 14.5. The molecular formula is C24H23ClFN5O. The van der Waals surface area contributed by atoms with Crippen molar-refractivity contribution in [3.63, 3.8) is 0 Å². The Labute approximate surface area is 190 Å². The Hall–Kier alpha value is -3.06. The number of amides is 1. The summed E-state index contributed by atoms with van der Waals surface area (Å²) in [6.45, 7) is 6.01. The summed E-state index contributed by atoms with van der Waals surface area (Å²) in [4.78, 5) is 17.3. The molecule has 0 saturated heterocycles. The topological polar surface area (TPSA) is 78.7 Å². The van der Waals surface area contributed by atoms with E-state index in [0.717, 1.165) is 16.8 Å². The van der Waals surface area contributed by atoms with Crippen LogP contribution < -0.4 is 10.6 Å². The lowest BCUT2D eigenvalue weighted by Crippen LogP contribution is -2.58. The maximum absolute atomic E-state index is 14.5. The van der Waals surface area contributed by atoms with Crippen LogP contribution in [0.15, 0.2) is 75.0 Å². The van der Waals surface area contributed by atoms with Crippen molar-refractivity contribution >= 4 is 17.5 Å². The summed E-state index contributed by atoms with van der Waals surface area (Å²) >= 11 is 6.57. The van der Waals surface area contributed by atoms with E-state index < -0.39 is 22.9 Å². The number of fused-ring (bicyclic) bond motifs is 1. The van der Waals surface area contributed by atoms with E-state index in [1.807, 2.05) is 45.0 Å². The summed E-state index contributed by atoms with van der Waals surface area (Å²) in [6, 6.07) is 9.26. The van der Waals surface area contributed by atoms with Crippen molar-refractivity contribution in [3.05, 3.63) is 76.1 Å². The maximum atomic E-state index is 14.5. The van der Waals surface area contributed by atoms with E-state index in [-0.39, 0.29) is 11.1 Å². The van der Waals surface area contributed by atoms with Crippen molar-refractivity contribution in [1.82, 2.24) is 15.6 Å². The minimum absolute atomic E-state index is 0.145. The fourth-order valence-corrected chi connectivity index (χ4v) is 5.54. The summed E-state index contributed by atoms with van der Waals surface area (Å²) in [5.74, 6) is -0.549. The van der Waals surface area contributed by atoms with Crippen molar-refractivity contribution in [2.45, 2.75) is 50.7 Å². The monoisotopic (exact) mass is 451 g/mol. The minimum atomic E-state index is -0.841. The zero-order valence-electron chi connectivity index (χ0n) is 18.0. The van der Waals surface area contributed by atoms with Gasteiger partial charge in [-0.2, -0.15) is 5.11 Å². The highest BCUT2D eigenvalue weighted by Crippen LogP contribution is 2.53. The molecule has 3 aliphatic heterocycles. The largest absolute Gasteiger partial charge is 0.362 e. The predicted molar refractivity (Wildman–Crippen MR) is 120 cm³/mol. The first kappa shape index (κ1) is 20.8. The van der Waals surface area contributed by atoms with Gasteiger partial charge in [-0.1, -0.05) is 36.7 Å². The molecule has 1 unspecified atom stereocenters. The lowest BCUT2D eigenvalue weighted by atomic mass is 9.62. The van der Waals surface area contributed by atoms with E-state index in [1.54, 1.807) is 12.3 Å². The molecule has 2 N–H and O–H groups in total. The lowest BCUT2D eigenvalue weighted by Gasteiger charge is -2.48. The van der Waals surface area contributed by atoms with E-state index >= 15 is 0 Å². The zero-order valence-corrected chi connectivity index (χ0v) is 18.8. The van der Waals surface area contributed by atoms with Gasteiger partial charge in [0.05, 0.1) is 17.2 Å². The molecule has 3 aliphatic rings. The Morgan fingerprint density at radius 3 is 2.84 bits per heavy atom. The molecule has 6 nitrogen and oxygen atoms in total. The van der Waals surface area contributed by atoms with Gasteiger partial charge in [0.2, 0.25) is 0 Å². The van der Waals surface area contributed by atoms with Crippen molar-refractivity contribution in [1.29, 1.82) is 0 Å². The van der Waals surface area contributed by atoms with Crippen LogP contribution in [-0.2, 0) is 10.2 Å². The number of halogens is 2. The van der Waals surface area contributed by atoms with Crippen LogP contribution in [0.4, 0.5) is 4.39 Å². The quantitative estimate of drug-likeness (QED) is 0.649. The first-order valence-corrected chi connectivity index (χ1v) is 11.0. The van der Waals surface area contributed by atoms with Gasteiger partial charge in [-0.3, -0.25) is 9.78 Å². The molecule has 1 aromatic carbocycles. The third-order valence-corrected chi connectivity index (χ3v) is 6.80. The van der Waals surface area contributed by atoms with E-state index in [9.17, 15) is 9.18 Å². The summed E-state index contributed by atoms with van der Waals surface area (Å²) in [7, 11) is 0. The number of nitrogens with zero attached hydrogens (tertiary/aromatic N) is 3. The van der Waals surface area contributed by atoms with Crippen molar-refractivity contribution in [2.24, 2.45) is 10.2 Å². The van der Waals surface area contributed by atoms with Crippen LogP contribution in [0.2, 0.25) is 0 Å². The van der Waals surface area contributed by atoms with Crippen molar-refractivity contribution in [3.8, 4) is 11.1 Å². The molecule has 2 atom stereocenters. The average molecular weight is 452 g/mol. The Bertz CT molecular complexity index is 1230. The van der Waals surface area contributed by atoms with Crippen molar-refractivity contribution < 1.29 is 9.18 Å². The molecule has 164 valence electrons. The highest BCUT2D eigenvalue weighted by Gasteiger charge is 2.54. The number of pyridine rings is 1. The van der Waals surface area contributed by atoms with Gasteiger partial charge in [0.25, 0.3) is 5.91 Å². The van der Waals surface area contributed by atoms with E-state index in [1.165, 1.54) is 6.20 Å². The van der Waals surface area contributed by atoms with E-state index in [4.69, 9.17) is 11.6 Å². The number of hydrogen-bond acceptors (Lipinski definition) is 5. The van der Waals surface area contributed by atoms with Crippen LogP contribution in [0, 0.1) is 5.82 Å². The highest BCUT2D eigenvalue weighted by molar-refractivity contribution is 6.30. The molecule has 0 radical (unpaired) electrons. The number of hydrogen-bond donors (Lipinski definition) is 2. The number of carbonyl (C=O) groups is 1. The number of rotatable bonds is 3. The molecular weight excluding hydrogens is 429 g/mol. The molecule has 2 aromatic rings. The second-order valence-corrected chi connectivity index (χ2v) is 9.39. The molecule has 1 aromatic heterocycles. The van der Waals surface area contributed by atoms with E-state index in [0.29, 0.717) is 29.5 Å². The minimum Gasteiger partial charge on any atom is -0.362 e. The second kappa shape index (κ2) is 7.24. The van der Waals surface area contributed by atoms with Crippen LogP contribution >= 0.6 is 11.6 Å². The second-order valence-electron chi connectivity index (χ2n) is 9.03. The molecule has 5 rings (SSSR count). The molecule has 32 heavy (non-hydrogen) atoms. The number of carbonyl (C=O) groups excluding carboxylic acids is 1. The van der Waals surface area contributed by atoms with Gasteiger partial charge in [-0.25, -0.2) is 4.39 Å². The third kappa shape index (κ3) is 2.98. The fraction of sp³-hybridized carbons (Fsp3) is 0.333. The van der Waals surface area contributed by atoms with Gasteiger partial charge in [0.15, 0.2) is 11.3 Å². The van der Waals surface area contributed by atoms with Gasteiger partial charge in [-0.15, -0.1) is 5.11 Å². The molecule has 1 amide bonds. The number of benzene rings is 1. The Kier molecular flexibility index (Phi) is 4.71. The van der Waals surface area contributed by atoms with Crippen LogP contribution in [0.3, 0.4) is 0 Å². The average Bonchev–Trinajstić information content (AvgIpc) is 3.12. The SMILES string of the molecule is CC[C@]1(c2cccc(-c3ccncc3F)c2)C2=C(CC(C)(C)NC2=O)NC2N=NC(Cl)=C21. The normalized spacial score (nSPS) is 25.9. The summed E-state index contributed by atoms with van der Waals surface area (Å²) in [5, 5.41) is 15.3. The molecule has 0 fully saturated rings. The highest BCUT2D eigenvalue weighted by atomic mass is 35.5. The standard InChI is InChI=1S/C24H23ClFN5O/c1-4-24(14-7-5-6-13(10-14)15-8-9-27-12-16(15)26)18-17(11-23(2,3)29-22(18)32)28-21-19(24)20(25)30-31-21/h5-10,12,21,28H,4,11H2,1-3H3,(H,29,32)/t21?,24-/m0/s1. The molecule has 8 heteroatoms. The molecule has 0 spiro atoms. The Morgan fingerprint density at radius 1 is 1.28 bits per heavy atom. The Morgan fingerprint density at radius 2 is 2.09 bits per heavy atom. The smallest absolute Gasteiger partial charge is 0.250 e. The van der Waals surface area contributed by atoms with Crippen LogP contribution in [0.5, 0.6) is 0 Å². The van der Waals surface area contributed by atoms with E-state index in [2.05, 4.69) is 25.8 Å². The molecule has 0 saturated carbocycles. The molecule has 0 aliphatic carbocycles. The molecule has 0 bridgehead atoms. The van der Waals surface area contributed by atoms with Gasteiger partial charge < -0.3 is 10.6 Å². The third-order valence-electron chi connectivity index (χ3n) is 6.52. The van der Waals surface area contributed by atoms with Crippen molar-refractivity contribution in [2.75, 3.05) is 0 Å². The lowest BCUT2D eigenvalue weighted by molar-refractivity contribution is -0.120. The summed E-state index contributed by atoms with van der Waals surface area (Å²) in [6.07, 6.45) is 3.52. The van der Waals surface area contributed by atoms with Gasteiger partial charge >= 0.3 is 0 Å². The Balaban J connectivity index is 1.78.